The van der Waals surface area contributed by atoms with Crippen molar-refractivity contribution in [1.29, 1.82) is 0 Å². The van der Waals surface area contributed by atoms with E-state index in [1.807, 2.05) is 56.1 Å². The Morgan fingerprint density at radius 3 is 1.05 bits per heavy atom. The van der Waals surface area contributed by atoms with Crippen molar-refractivity contribution in [3.05, 3.63) is 244 Å². The number of halogens is 12. The van der Waals surface area contributed by atoms with E-state index >= 15 is 0 Å². The quantitative estimate of drug-likeness (QED) is 0.0213. The fourth-order valence-corrected chi connectivity index (χ4v) is 19.7. The van der Waals surface area contributed by atoms with Crippen molar-refractivity contribution in [2.45, 2.75) is 199 Å². The lowest BCUT2D eigenvalue weighted by molar-refractivity contribution is -0.138. The maximum absolute atomic E-state index is 12.9. The minimum absolute atomic E-state index is 0.0111. The highest BCUT2D eigenvalue weighted by Crippen LogP contribution is 2.44. The van der Waals surface area contributed by atoms with E-state index in [0.717, 1.165) is 215 Å². The maximum atomic E-state index is 12.9. The zero-order valence-corrected chi connectivity index (χ0v) is 77.7. The van der Waals surface area contributed by atoms with Gasteiger partial charge in [0.15, 0.2) is 0 Å². The lowest BCUT2D eigenvalue weighted by atomic mass is 9.80. The van der Waals surface area contributed by atoms with Crippen LogP contribution >= 0.6 is 0 Å². The van der Waals surface area contributed by atoms with E-state index in [4.69, 9.17) is 11.5 Å². The Kier molecular flexibility index (Phi) is 35.1. The lowest BCUT2D eigenvalue weighted by Crippen LogP contribution is -2.63. The number of nitrogens with zero attached hydrogens (tertiary/aromatic N) is 9. The summed E-state index contributed by atoms with van der Waals surface area (Å²) >= 11 is 0. The summed E-state index contributed by atoms with van der Waals surface area (Å²) in [6.45, 7) is 9.05. The van der Waals surface area contributed by atoms with E-state index in [2.05, 4.69) is 125 Å². The predicted octanol–water partition coefficient (Wildman–Crippen LogP) is 13.5. The number of benzene rings is 4. The van der Waals surface area contributed by atoms with Gasteiger partial charge >= 0.3 is 24.7 Å². The topological polar surface area (TPSA) is 348 Å². The monoisotopic (exact) mass is 1940 g/mol. The fourth-order valence-electron chi connectivity index (χ4n) is 19.7. The van der Waals surface area contributed by atoms with Crippen LogP contribution in [0.2, 0.25) is 0 Å². The zero-order chi connectivity index (χ0) is 99.5. The number of rotatable bonds is 27. The van der Waals surface area contributed by atoms with Gasteiger partial charge < -0.3 is 64.2 Å². The molecule has 7 amide bonds. The van der Waals surface area contributed by atoms with Gasteiger partial charge in [-0.2, -0.15) is 52.7 Å². The molecular weight excluding hydrogens is 1820 g/mol. The lowest BCUT2D eigenvalue weighted by Gasteiger charge is -2.47. The first kappa shape index (κ1) is 104. The summed E-state index contributed by atoms with van der Waals surface area (Å²) in [7, 11) is 6.03. The number of carbonyl (C=O) groups is 7. The Bertz CT molecular complexity index is 5500. The highest BCUT2D eigenvalue weighted by Gasteiger charge is 2.43. The van der Waals surface area contributed by atoms with Crippen LogP contribution in [0.5, 0.6) is 0 Å². The van der Waals surface area contributed by atoms with E-state index in [0.29, 0.717) is 65.0 Å². The third-order valence-electron chi connectivity index (χ3n) is 27.4. The predicted molar refractivity (Wildman–Crippen MR) is 503 cm³/mol. The highest BCUT2D eigenvalue weighted by atomic mass is 19.4. The van der Waals surface area contributed by atoms with Crippen LogP contribution in [0, 0.1) is 0 Å². The fraction of sp³-hybridized carbons (Fsp3) is 0.470. The second-order valence-electron chi connectivity index (χ2n) is 37.1. The number of carbonyl (C=O) groups excluding carboxylic acids is 7. The molecule has 0 radical (unpaired) electrons. The molecule has 13 N–H and O–H groups in total. The normalized spacial score (nSPS) is 21.3. The number of likely N-dealkylation sites (tertiary alicyclic amines) is 4. The average Bonchev–Trinajstić information content (AvgIpc) is 0.791. The van der Waals surface area contributed by atoms with E-state index in [1.54, 1.807) is 12.4 Å². The average molecular weight is 1940 g/mol. The van der Waals surface area contributed by atoms with E-state index < -0.39 is 64.7 Å². The first-order chi connectivity index (χ1) is 66.2. The van der Waals surface area contributed by atoms with Gasteiger partial charge in [-0.1, -0.05) is 49.0 Å². The molecule has 8 fully saturated rings. The third kappa shape index (κ3) is 29.1. The molecule has 4 aliphatic heterocycles. The number of anilines is 4. The summed E-state index contributed by atoms with van der Waals surface area (Å²) in [5.41, 5.74) is 15.7. The van der Waals surface area contributed by atoms with Gasteiger partial charge in [0.2, 0.25) is 23.6 Å². The summed E-state index contributed by atoms with van der Waals surface area (Å²) in [5.74, 6) is -0.289. The number of amides is 7. The number of hydrogen-bond donors (Lipinski definition) is 11. The summed E-state index contributed by atoms with van der Waals surface area (Å²) in [6.07, 6.45) is 10.6. The van der Waals surface area contributed by atoms with Crippen molar-refractivity contribution >= 4 is 70.1 Å². The van der Waals surface area contributed by atoms with Crippen LogP contribution in [0.4, 0.5) is 75.7 Å². The molecule has 27 nitrogen and oxygen atoms in total. The van der Waals surface area contributed by atoms with Crippen LogP contribution in [0.25, 0.3) is 5.70 Å². The first-order valence-corrected chi connectivity index (χ1v) is 47.0. The molecule has 746 valence electrons. The van der Waals surface area contributed by atoms with Gasteiger partial charge in [-0.3, -0.25) is 63.1 Å². The molecule has 8 aromatic rings. The van der Waals surface area contributed by atoms with Crippen molar-refractivity contribution in [1.82, 2.24) is 82.1 Å². The Balaban J connectivity index is 0.000000156. The molecule has 8 heterocycles. The number of hydrogen-bond acceptors (Lipinski definition) is 20. The van der Waals surface area contributed by atoms with Crippen LogP contribution in [-0.4, -0.2) is 229 Å². The summed E-state index contributed by atoms with van der Waals surface area (Å²) in [5, 5.41) is 24.9. The smallest absolute Gasteiger partial charge is 0.388 e. The molecule has 4 aromatic carbocycles. The van der Waals surface area contributed by atoms with Gasteiger partial charge in [-0.05, 0) is 245 Å². The summed E-state index contributed by atoms with van der Waals surface area (Å²) < 4.78 is 154. The van der Waals surface area contributed by atoms with Gasteiger partial charge in [-0.25, -0.2) is 9.97 Å². The Morgan fingerprint density at radius 2 is 0.705 bits per heavy atom. The van der Waals surface area contributed by atoms with E-state index in [-0.39, 0.29) is 96.4 Å². The number of nitrogens with two attached hydrogens (primary N) is 2. The molecule has 0 bridgehead atoms. The van der Waals surface area contributed by atoms with Crippen molar-refractivity contribution < 1.29 is 86.2 Å². The molecular formula is C100H120F12N20O7. The van der Waals surface area contributed by atoms with Crippen molar-refractivity contribution in [2.24, 2.45) is 0 Å². The molecule has 139 heavy (non-hydrogen) atoms. The Morgan fingerprint density at radius 1 is 0.374 bits per heavy atom. The van der Waals surface area contributed by atoms with Gasteiger partial charge in [0.05, 0.1) is 72.6 Å². The molecule has 4 aromatic heterocycles. The number of aromatic nitrogens is 4. The third-order valence-corrected chi connectivity index (χ3v) is 27.4. The summed E-state index contributed by atoms with van der Waals surface area (Å²) in [6, 6.07) is 31.4. The van der Waals surface area contributed by atoms with Crippen LogP contribution in [-0.2, 0) is 43.9 Å². The van der Waals surface area contributed by atoms with Crippen molar-refractivity contribution in [3.8, 4) is 0 Å². The maximum Gasteiger partial charge on any atom is 0.416 e. The van der Waals surface area contributed by atoms with Crippen LogP contribution in [0.1, 0.15) is 208 Å². The molecule has 0 atom stereocenters. The highest BCUT2D eigenvalue weighted by molar-refractivity contribution is 5.98. The Hall–Kier alpha value is -12.5. The van der Waals surface area contributed by atoms with Gasteiger partial charge in [0.1, 0.15) is 11.6 Å². The standard InChI is InChI=1S/C26H32F3N5O2.C25H30F3N5O2.C25H30F3N5O.C24H28F3N5O2/c1-33(2)23-10-11-30-13-22(23)17-6-8-21(9-7-17)34-15-20(16-34)32-24(35)14-31-25(36)18-4-3-5-19(12-18)26(27,28)29;1-29-22-9-10-30-12-21(22)16-5-7-20(8-6-16)33-14-19(15-33)32-23(34)13-31-24(35)17-3-2-4-18(11-17)25(26,27)28;1-16(18-4-2-5-19(12-18)25(26,27)28)31-13-23(34)32-20-14-33(15-20)21-9-7-17(8-10-21)22-6-3-11-30-24(22)29;25-24(26,27)18-3-1-2-16(10-18)23(34)30-12-22(33)31-19-13-32(14-19)20-7-4-15(5-8-20)17-6-9-21(28)29-11-17/h3-5,10-13,17,20-21H,6-9,14-16H2,1-2H3,(H,31,36)(H,32,35);2-4,9-12,16,19-20H,5-8,13-15H2,1H3,(H,29,30)(H,31,35)(H,32,34);2-6,11-12,17,20-21,31H,1,7-10,13-15H2,(H2,29,30)(H,32,34);1-3,6,9-11,15,19-20H,4-5,7-8,12-14H2,(H2,28,29)(H,30,34)(H,31,33). The first-order valence-electron chi connectivity index (χ1n) is 47.0. The second-order valence-corrected chi connectivity index (χ2v) is 37.1. The number of nitrogen functional groups attached to an aromatic ring is 2. The molecule has 16 rings (SSSR count). The van der Waals surface area contributed by atoms with Crippen molar-refractivity contribution in [2.75, 3.05) is 121 Å². The minimum atomic E-state index is -4.53. The molecule has 4 saturated carbocycles. The molecule has 4 aliphatic carbocycles. The molecule has 0 spiro atoms. The SMILES string of the molecule is C=C(NCC(=O)NC1CN(C2CCC(c3cccnc3N)CC2)C1)c1cccc(C(F)(F)F)c1.CN(C)c1ccncc1C1CCC(N2CC(NC(=O)CNC(=O)c3cccc(C(F)(F)F)c3)C2)CC1.CNc1ccncc1C1CCC(N2CC(NC(=O)CNC(=O)c3cccc(C(F)(F)F)c3)C2)CC1.Nc1ccc(C2CCC(N3CC(NC(=O)CNC(=O)c4cccc(C(F)(F)F)c4)C3)CC2)cn1. The Labute approximate surface area is 799 Å². The molecule has 8 aliphatic rings. The largest absolute Gasteiger partial charge is 0.416 e. The molecule has 39 heteroatoms. The van der Waals surface area contributed by atoms with E-state index in [1.165, 1.54) is 70.9 Å². The summed E-state index contributed by atoms with van der Waals surface area (Å²) in [4.78, 5) is 114. The van der Waals surface area contributed by atoms with Crippen molar-refractivity contribution in [3.63, 3.8) is 0 Å². The van der Waals surface area contributed by atoms with Gasteiger partial charge in [0, 0.05) is 169 Å². The molecule has 4 saturated heterocycles. The molecule has 0 unspecified atom stereocenters. The number of nitrogens with one attached hydrogen (secondary N) is 9. The van der Waals surface area contributed by atoms with Crippen LogP contribution in [0.3, 0.4) is 0 Å². The zero-order valence-electron chi connectivity index (χ0n) is 77.7. The minimum Gasteiger partial charge on any atom is -0.388 e. The van der Waals surface area contributed by atoms with E-state index in [9.17, 15) is 86.2 Å². The second kappa shape index (κ2) is 47.0. The van der Waals surface area contributed by atoms with Crippen LogP contribution in [0.15, 0.2) is 177 Å². The van der Waals surface area contributed by atoms with Crippen LogP contribution < -0.4 is 64.2 Å². The number of alkyl halides is 12. The van der Waals surface area contributed by atoms with Gasteiger partial charge in [-0.15, -0.1) is 0 Å². The van der Waals surface area contributed by atoms with Gasteiger partial charge in [0.25, 0.3) is 17.7 Å². The number of pyridine rings is 4.